The molecule has 0 unspecified atom stereocenters. The molecule has 0 amide bonds. The van der Waals surface area contributed by atoms with Gasteiger partial charge < -0.3 is 9.38 Å². The summed E-state index contributed by atoms with van der Waals surface area (Å²) in [6.07, 6.45) is 2.83. The SMILES string of the molecule is CN(C)[C@H]1[C@@H]([N+](C)(C)C)[C@@]2(C)CC[C@@H]1C2(C)C. The number of nitrogens with zero attached hydrogens (tertiary/aromatic N) is 2. The minimum atomic E-state index is 0.484. The van der Waals surface area contributed by atoms with E-state index in [1.165, 1.54) is 12.8 Å². The van der Waals surface area contributed by atoms with Gasteiger partial charge in [0.1, 0.15) is 6.04 Å². The molecular formula is C15H31N2+. The van der Waals surface area contributed by atoms with Crippen LogP contribution in [0.2, 0.25) is 0 Å². The van der Waals surface area contributed by atoms with E-state index in [1.54, 1.807) is 0 Å². The van der Waals surface area contributed by atoms with Crippen molar-refractivity contribution in [1.29, 1.82) is 0 Å². The van der Waals surface area contributed by atoms with Crippen LogP contribution in [0.5, 0.6) is 0 Å². The summed E-state index contributed by atoms with van der Waals surface area (Å²) in [4.78, 5) is 2.49. The lowest BCUT2D eigenvalue weighted by atomic mass is 9.68. The molecule has 2 aliphatic rings. The number of hydrogen-bond acceptors (Lipinski definition) is 1. The fraction of sp³-hybridized carbons (Fsp3) is 1.00. The lowest BCUT2D eigenvalue weighted by molar-refractivity contribution is -0.905. The standard InChI is InChI=1S/C15H31N2/c1-14(2)11-9-10-15(14,3)13(17(6,7)8)12(11)16(4)5/h11-13H,9-10H2,1-8H3/q+1/t11-,12+,13+,15+/m0/s1. The largest absolute Gasteiger partial charge is 0.327 e. The normalized spacial score (nSPS) is 44.6. The molecule has 2 heteroatoms. The van der Waals surface area contributed by atoms with Gasteiger partial charge in [0.2, 0.25) is 0 Å². The Labute approximate surface area is 108 Å². The van der Waals surface area contributed by atoms with Crippen LogP contribution in [-0.2, 0) is 0 Å². The van der Waals surface area contributed by atoms with E-state index in [0.717, 1.165) is 22.5 Å². The van der Waals surface area contributed by atoms with E-state index in [2.05, 4.69) is 60.9 Å². The molecule has 4 atom stereocenters. The third-order valence-corrected chi connectivity index (χ3v) is 6.19. The van der Waals surface area contributed by atoms with Gasteiger partial charge in [-0.05, 0) is 38.3 Å². The van der Waals surface area contributed by atoms with Crippen molar-refractivity contribution in [3.63, 3.8) is 0 Å². The average Bonchev–Trinajstić information content (AvgIpc) is 2.44. The van der Waals surface area contributed by atoms with Crippen molar-refractivity contribution in [1.82, 2.24) is 4.90 Å². The molecule has 2 rings (SSSR count). The van der Waals surface area contributed by atoms with Crippen LogP contribution in [0.3, 0.4) is 0 Å². The quantitative estimate of drug-likeness (QED) is 0.669. The van der Waals surface area contributed by atoms with Crippen LogP contribution in [-0.4, -0.2) is 56.7 Å². The minimum Gasteiger partial charge on any atom is -0.327 e. The summed E-state index contributed by atoms with van der Waals surface area (Å²) in [7, 11) is 11.7. The second-order valence-corrected chi connectivity index (χ2v) is 8.30. The van der Waals surface area contributed by atoms with E-state index in [4.69, 9.17) is 0 Å². The van der Waals surface area contributed by atoms with Crippen LogP contribution in [0.1, 0.15) is 33.6 Å². The zero-order valence-corrected chi connectivity index (χ0v) is 13.0. The van der Waals surface area contributed by atoms with E-state index in [9.17, 15) is 0 Å². The molecule has 0 radical (unpaired) electrons. The molecule has 100 valence electrons. The maximum absolute atomic E-state index is 2.55. The van der Waals surface area contributed by atoms with Crippen molar-refractivity contribution in [2.45, 2.75) is 45.7 Å². The highest BCUT2D eigenvalue weighted by molar-refractivity contribution is 5.17. The Hall–Kier alpha value is -0.0800. The number of likely N-dealkylation sites (N-methyl/N-ethyl adjacent to an activating group) is 2. The maximum atomic E-state index is 2.55. The molecule has 0 aliphatic heterocycles. The van der Waals surface area contributed by atoms with Crippen LogP contribution in [0.15, 0.2) is 0 Å². The monoisotopic (exact) mass is 239 g/mol. The van der Waals surface area contributed by atoms with Crippen LogP contribution < -0.4 is 0 Å². The highest BCUT2D eigenvalue weighted by atomic mass is 15.4. The second kappa shape index (κ2) is 3.48. The molecule has 0 aromatic carbocycles. The van der Waals surface area contributed by atoms with E-state index in [0.29, 0.717) is 10.8 Å². The van der Waals surface area contributed by atoms with E-state index >= 15 is 0 Å². The van der Waals surface area contributed by atoms with Gasteiger partial charge in [-0.25, -0.2) is 0 Å². The van der Waals surface area contributed by atoms with E-state index in [1.807, 2.05) is 0 Å². The number of rotatable bonds is 2. The van der Waals surface area contributed by atoms with E-state index < -0.39 is 0 Å². The zero-order valence-electron chi connectivity index (χ0n) is 13.0. The first-order chi connectivity index (χ1) is 7.53. The van der Waals surface area contributed by atoms with Crippen molar-refractivity contribution < 1.29 is 4.48 Å². The summed E-state index contributed by atoms with van der Waals surface area (Å²) in [5.74, 6) is 0.866. The van der Waals surface area contributed by atoms with Crippen molar-refractivity contribution in [3.05, 3.63) is 0 Å². The molecule has 0 aromatic rings. The molecule has 2 saturated carbocycles. The van der Waals surface area contributed by atoms with Gasteiger partial charge in [-0.15, -0.1) is 0 Å². The summed E-state index contributed by atoms with van der Waals surface area (Å²) in [6, 6.07) is 1.50. The highest BCUT2D eigenvalue weighted by Gasteiger charge is 2.70. The average molecular weight is 239 g/mol. The Bertz CT molecular complexity index is 313. The van der Waals surface area contributed by atoms with Gasteiger partial charge in [-0.1, -0.05) is 20.8 Å². The molecule has 0 heterocycles. The van der Waals surface area contributed by atoms with Gasteiger partial charge in [0, 0.05) is 5.41 Å². The molecule has 17 heavy (non-hydrogen) atoms. The molecule has 0 saturated heterocycles. The number of hydrogen-bond donors (Lipinski definition) is 0. The second-order valence-electron chi connectivity index (χ2n) is 8.30. The van der Waals surface area contributed by atoms with Gasteiger partial charge in [0.15, 0.2) is 0 Å². The predicted molar refractivity (Wildman–Crippen MR) is 73.9 cm³/mol. The van der Waals surface area contributed by atoms with Crippen LogP contribution in [0, 0.1) is 16.7 Å². The molecule has 0 spiro atoms. The Morgan fingerprint density at radius 1 is 1.06 bits per heavy atom. The van der Waals surface area contributed by atoms with Crippen LogP contribution in [0.25, 0.3) is 0 Å². The lowest BCUT2D eigenvalue weighted by Gasteiger charge is -2.48. The Morgan fingerprint density at radius 2 is 1.59 bits per heavy atom. The predicted octanol–water partition coefficient (Wildman–Crippen LogP) is 2.45. The zero-order chi connectivity index (χ0) is 13.2. The third-order valence-electron chi connectivity index (χ3n) is 6.19. The van der Waals surface area contributed by atoms with Crippen molar-refractivity contribution >= 4 is 0 Å². The van der Waals surface area contributed by atoms with Crippen molar-refractivity contribution in [2.24, 2.45) is 16.7 Å². The fourth-order valence-corrected chi connectivity index (χ4v) is 5.24. The summed E-state index contributed by atoms with van der Waals surface area (Å²) in [5, 5.41) is 0. The fourth-order valence-electron chi connectivity index (χ4n) is 5.24. The van der Waals surface area contributed by atoms with Gasteiger partial charge in [0.05, 0.1) is 27.2 Å². The molecule has 2 fully saturated rings. The molecule has 0 aromatic heterocycles. The summed E-state index contributed by atoms with van der Waals surface area (Å²) < 4.78 is 1.10. The molecule has 2 bridgehead atoms. The number of fused-ring (bicyclic) bond motifs is 2. The first-order valence-electron chi connectivity index (χ1n) is 7.01. The van der Waals surface area contributed by atoms with E-state index in [-0.39, 0.29) is 0 Å². The third kappa shape index (κ3) is 1.53. The Balaban J connectivity index is 2.50. The summed E-state index contributed by atoms with van der Waals surface area (Å²) in [6.45, 7) is 7.57. The van der Waals surface area contributed by atoms with Gasteiger partial charge in [-0.2, -0.15) is 0 Å². The molecule has 0 N–H and O–H groups in total. The minimum absolute atomic E-state index is 0.484. The summed E-state index contributed by atoms with van der Waals surface area (Å²) >= 11 is 0. The molecule has 2 aliphatic carbocycles. The van der Waals surface area contributed by atoms with Crippen LogP contribution in [0.4, 0.5) is 0 Å². The lowest BCUT2D eigenvalue weighted by Crippen LogP contribution is -2.61. The molecular weight excluding hydrogens is 208 g/mol. The van der Waals surface area contributed by atoms with Crippen molar-refractivity contribution in [2.75, 3.05) is 35.2 Å². The Morgan fingerprint density at radius 3 is 1.94 bits per heavy atom. The number of quaternary nitrogens is 1. The summed E-state index contributed by atoms with van der Waals surface area (Å²) in [5.41, 5.74) is 0.975. The molecule has 2 nitrogen and oxygen atoms in total. The highest BCUT2D eigenvalue weighted by Crippen LogP contribution is 2.67. The maximum Gasteiger partial charge on any atom is 0.110 e. The first kappa shape index (κ1) is 13.4. The first-order valence-corrected chi connectivity index (χ1v) is 7.01. The Kier molecular flexibility index (Phi) is 2.73. The van der Waals surface area contributed by atoms with Gasteiger partial charge in [-0.3, -0.25) is 0 Å². The topological polar surface area (TPSA) is 3.24 Å². The van der Waals surface area contributed by atoms with Crippen molar-refractivity contribution in [3.8, 4) is 0 Å². The van der Waals surface area contributed by atoms with Crippen LogP contribution >= 0.6 is 0 Å². The van der Waals surface area contributed by atoms with Gasteiger partial charge in [0.25, 0.3) is 0 Å². The smallest absolute Gasteiger partial charge is 0.110 e. The van der Waals surface area contributed by atoms with Gasteiger partial charge >= 0.3 is 0 Å².